The van der Waals surface area contributed by atoms with Crippen LogP contribution in [0.3, 0.4) is 0 Å². The number of carbonyl (C=O) groups is 2. The summed E-state index contributed by atoms with van der Waals surface area (Å²) in [7, 11) is 0. The lowest BCUT2D eigenvalue weighted by atomic mass is 10.0. The molecule has 6 nitrogen and oxygen atoms in total. The first-order valence-electron chi connectivity index (χ1n) is 8.12. The zero-order chi connectivity index (χ0) is 17.3. The second-order valence-corrected chi connectivity index (χ2v) is 6.73. The van der Waals surface area contributed by atoms with Gasteiger partial charge in [0.1, 0.15) is 11.3 Å². The van der Waals surface area contributed by atoms with Gasteiger partial charge in [0.05, 0.1) is 12.5 Å². The Morgan fingerprint density at radius 1 is 1.42 bits per heavy atom. The molecule has 0 saturated carbocycles. The lowest BCUT2D eigenvalue weighted by Gasteiger charge is -2.26. The zero-order valence-electron chi connectivity index (χ0n) is 13.9. The number of likely N-dealkylation sites (tertiary alicyclic amines) is 1. The van der Waals surface area contributed by atoms with Crippen molar-refractivity contribution in [2.75, 3.05) is 19.6 Å². The van der Waals surface area contributed by atoms with Crippen LogP contribution < -0.4 is 5.32 Å². The largest absolute Gasteiger partial charge is 0.480 e. The number of hydrogen-bond acceptors (Lipinski definition) is 4. The Labute approximate surface area is 140 Å². The number of carbonyl (C=O) groups excluding carboxylic acids is 1. The minimum absolute atomic E-state index is 0.00917. The predicted molar refractivity (Wildman–Crippen MR) is 89.9 cm³/mol. The maximum Gasteiger partial charge on any atom is 0.317 e. The molecule has 1 aromatic carbocycles. The van der Waals surface area contributed by atoms with Crippen LogP contribution in [0.4, 0.5) is 0 Å². The number of hydrogen-bond donors (Lipinski definition) is 2. The topological polar surface area (TPSA) is 82.8 Å². The average Bonchev–Trinajstić information content (AvgIpc) is 3.16. The molecule has 0 spiro atoms. The number of nitrogens with zero attached hydrogens (tertiary/aromatic N) is 1. The minimum atomic E-state index is -0.892. The normalized spacial score (nSPS) is 22.0. The Hall–Kier alpha value is -2.34. The van der Waals surface area contributed by atoms with Crippen LogP contribution in [0.25, 0.3) is 11.0 Å². The first-order chi connectivity index (χ1) is 11.4. The first-order valence-corrected chi connectivity index (χ1v) is 8.12. The molecule has 0 radical (unpaired) electrons. The number of aliphatic carboxylic acids is 1. The van der Waals surface area contributed by atoms with Gasteiger partial charge in [-0.3, -0.25) is 14.9 Å². The number of rotatable bonds is 5. The van der Waals surface area contributed by atoms with Gasteiger partial charge in [-0.25, -0.2) is 0 Å². The fourth-order valence-corrected chi connectivity index (χ4v) is 3.19. The lowest BCUT2D eigenvalue weighted by molar-refractivity contribution is -0.136. The summed E-state index contributed by atoms with van der Waals surface area (Å²) in [6, 6.07) is 9.60. The van der Waals surface area contributed by atoms with Crippen molar-refractivity contribution in [3.05, 3.63) is 36.1 Å². The van der Waals surface area contributed by atoms with Crippen LogP contribution in [0.15, 0.2) is 34.7 Å². The highest BCUT2D eigenvalue weighted by molar-refractivity contribution is 5.85. The monoisotopic (exact) mass is 330 g/mol. The fraction of sp³-hybridized carbons (Fsp3) is 0.444. The summed E-state index contributed by atoms with van der Waals surface area (Å²) in [5.41, 5.74) is 0.420. The summed E-state index contributed by atoms with van der Waals surface area (Å²) in [4.78, 5) is 25.3. The average molecular weight is 330 g/mol. The Morgan fingerprint density at radius 2 is 2.17 bits per heavy atom. The van der Waals surface area contributed by atoms with Gasteiger partial charge in [0.2, 0.25) is 5.91 Å². The second kappa shape index (κ2) is 6.28. The predicted octanol–water partition coefficient (Wildman–Crippen LogP) is 2.20. The molecule has 3 rings (SSSR count). The molecule has 1 fully saturated rings. The molecule has 0 bridgehead atoms. The quantitative estimate of drug-likeness (QED) is 0.878. The number of benzene rings is 1. The molecule has 1 aliphatic rings. The van der Waals surface area contributed by atoms with Crippen LogP contribution in [-0.2, 0) is 9.59 Å². The van der Waals surface area contributed by atoms with E-state index in [2.05, 4.69) is 5.32 Å². The van der Waals surface area contributed by atoms with Crippen molar-refractivity contribution in [2.24, 2.45) is 0 Å². The molecular formula is C18H22N2O4. The zero-order valence-corrected chi connectivity index (χ0v) is 13.9. The molecule has 2 N–H and O–H groups in total. The molecule has 6 heteroatoms. The van der Waals surface area contributed by atoms with E-state index in [0.717, 1.165) is 17.4 Å². The van der Waals surface area contributed by atoms with Gasteiger partial charge in [0, 0.05) is 24.0 Å². The van der Waals surface area contributed by atoms with Gasteiger partial charge in [0.25, 0.3) is 0 Å². The Balaban J connectivity index is 1.69. The summed E-state index contributed by atoms with van der Waals surface area (Å²) in [5, 5.41) is 12.8. The van der Waals surface area contributed by atoms with Gasteiger partial charge < -0.3 is 14.4 Å². The fourth-order valence-electron chi connectivity index (χ4n) is 3.19. The molecule has 1 amide bonds. The van der Waals surface area contributed by atoms with Crippen LogP contribution in [0.2, 0.25) is 0 Å². The van der Waals surface area contributed by atoms with E-state index in [1.165, 1.54) is 0 Å². The molecular weight excluding hydrogens is 308 g/mol. The van der Waals surface area contributed by atoms with E-state index in [9.17, 15) is 9.59 Å². The highest BCUT2D eigenvalue weighted by Gasteiger charge is 2.38. The molecule has 2 aromatic rings. The number of carboxylic acids is 1. The van der Waals surface area contributed by atoms with Gasteiger partial charge in [-0.2, -0.15) is 0 Å². The maximum absolute atomic E-state index is 12.8. The van der Waals surface area contributed by atoms with Gasteiger partial charge in [-0.15, -0.1) is 0 Å². The Bertz CT molecular complexity index is 736. The smallest absolute Gasteiger partial charge is 0.317 e. The SMILES string of the molecule is C[C@@H](C(=O)N1CC[C@@](C)(NCC(=O)O)C1)c1cc2ccccc2o1. The van der Waals surface area contributed by atoms with E-state index < -0.39 is 5.97 Å². The molecule has 128 valence electrons. The van der Waals surface area contributed by atoms with Gasteiger partial charge in [-0.1, -0.05) is 18.2 Å². The van der Waals surface area contributed by atoms with Crippen LogP contribution in [0.5, 0.6) is 0 Å². The van der Waals surface area contributed by atoms with E-state index in [4.69, 9.17) is 9.52 Å². The molecule has 2 heterocycles. The third-order valence-corrected chi connectivity index (χ3v) is 4.69. The highest BCUT2D eigenvalue weighted by atomic mass is 16.4. The Kier molecular flexibility index (Phi) is 4.32. The molecule has 2 atom stereocenters. The van der Waals surface area contributed by atoms with Crippen LogP contribution in [0.1, 0.15) is 31.9 Å². The van der Waals surface area contributed by atoms with Crippen molar-refractivity contribution in [2.45, 2.75) is 31.7 Å². The van der Waals surface area contributed by atoms with Gasteiger partial charge in [-0.05, 0) is 32.4 Å². The van der Waals surface area contributed by atoms with Crippen LogP contribution >= 0.6 is 0 Å². The van der Waals surface area contributed by atoms with Crippen LogP contribution in [0, 0.1) is 0 Å². The first kappa shape index (κ1) is 16.5. The van der Waals surface area contributed by atoms with E-state index in [1.54, 1.807) is 4.90 Å². The molecule has 1 aromatic heterocycles. The van der Waals surface area contributed by atoms with Crippen molar-refractivity contribution in [1.29, 1.82) is 0 Å². The number of para-hydroxylation sites is 1. The standard InChI is InChI=1S/C18H22N2O4/c1-12(15-9-13-5-3-4-6-14(13)24-15)17(23)20-8-7-18(2,11-20)19-10-16(21)22/h3-6,9,12,19H,7-8,10-11H2,1-2H3,(H,21,22)/t12-,18-/m1/s1. The number of fused-ring (bicyclic) bond motifs is 1. The van der Waals surface area contributed by atoms with Crippen molar-refractivity contribution in [3.8, 4) is 0 Å². The molecule has 0 aliphatic carbocycles. The third-order valence-electron chi connectivity index (χ3n) is 4.69. The number of nitrogens with one attached hydrogen (secondary N) is 1. The summed E-state index contributed by atoms with van der Waals surface area (Å²) >= 11 is 0. The molecule has 1 saturated heterocycles. The number of amides is 1. The lowest BCUT2D eigenvalue weighted by Crippen LogP contribution is -2.47. The van der Waals surface area contributed by atoms with Gasteiger partial charge in [0.15, 0.2) is 0 Å². The highest BCUT2D eigenvalue weighted by Crippen LogP contribution is 2.29. The Morgan fingerprint density at radius 3 is 2.88 bits per heavy atom. The molecule has 24 heavy (non-hydrogen) atoms. The minimum Gasteiger partial charge on any atom is -0.480 e. The summed E-state index contributed by atoms with van der Waals surface area (Å²) < 4.78 is 5.80. The third kappa shape index (κ3) is 3.28. The molecule has 0 unspecified atom stereocenters. The maximum atomic E-state index is 12.8. The van der Waals surface area contributed by atoms with Crippen molar-refractivity contribution < 1.29 is 19.1 Å². The summed E-state index contributed by atoms with van der Waals surface area (Å²) in [6.07, 6.45) is 0.735. The van der Waals surface area contributed by atoms with Crippen LogP contribution in [-0.4, -0.2) is 47.1 Å². The van der Waals surface area contributed by atoms with E-state index in [0.29, 0.717) is 18.8 Å². The van der Waals surface area contributed by atoms with E-state index >= 15 is 0 Å². The summed E-state index contributed by atoms with van der Waals surface area (Å²) in [5.74, 6) is -0.584. The molecule has 1 aliphatic heterocycles. The van der Waals surface area contributed by atoms with Crippen molar-refractivity contribution in [3.63, 3.8) is 0 Å². The number of furan rings is 1. The second-order valence-electron chi connectivity index (χ2n) is 6.73. The van der Waals surface area contributed by atoms with E-state index in [1.807, 2.05) is 44.2 Å². The van der Waals surface area contributed by atoms with E-state index in [-0.39, 0.29) is 23.9 Å². The van der Waals surface area contributed by atoms with Crippen molar-refractivity contribution in [1.82, 2.24) is 10.2 Å². The van der Waals surface area contributed by atoms with Gasteiger partial charge >= 0.3 is 5.97 Å². The summed E-state index contributed by atoms with van der Waals surface area (Å²) in [6.45, 7) is 4.82. The van der Waals surface area contributed by atoms with Crippen molar-refractivity contribution >= 4 is 22.8 Å². The number of carboxylic acid groups (broad SMARTS) is 1.